The van der Waals surface area contributed by atoms with Crippen molar-refractivity contribution < 1.29 is 31.2 Å². The summed E-state index contributed by atoms with van der Waals surface area (Å²) in [6.45, 7) is 3.68. The van der Waals surface area contributed by atoms with Gasteiger partial charge in [0, 0.05) is 7.05 Å². The first-order valence-corrected chi connectivity index (χ1v) is 13.1. The Hall–Kier alpha value is -2.93. The quantitative estimate of drug-likeness (QED) is 0.580. The molecule has 0 N–H and O–H groups in total. The van der Waals surface area contributed by atoms with Crippen LogP contribution in [0.4, 0.5) is 11.4 Å². The lowest BCUT2D eigenvalue weighted by molar-refractivity contribution is -0.124. The van der Waals surface area contributed by atoms with Gasteiger partial charge in [-0.2, -0.15) is 5.10 Å². The zero-order valence-corrected chi connectivity index (χ0v) is 19.9. The Morgan fingerprint density at radius 2 is 1.88 bits per heavy atom. The van der Waals surface area contributed by atoms with E-state index in [1.807, 2.05) is 0 Å². The minimum Gasteiger partial charge on any atom is -0.482 e. The van der Waals surface area contributed by atoms with E-state index in [4.69, 9.17) is 4.74 Å². The number of sulfone groups is 1. The summed E-state index contributed by atoms with van der Waals surface area (Å²) in [4.78, 5) is 26.8. The Balaban J connectivity index is 2.06. The molecule has 0 radical (unpaired) electrons. The van der Waals surface area contributed by atoms with Crippen molar-refractivity contribution in [3.63, 3.8) is 0 Å². The molecule has 32 heavy (non-hydrogen) atoms. The molecule has 0 unspecified atom stereocenters. The number of hydrogen-bond donors (Lipinski definition) is 0. The fraction of sp³-hybridized carbons (Fsp3) is 0.421. The van der Waals surface area contributed by atoms with Crippen LogP contribution in [0.3, 0.4) is 0 Å². The van der Waals surface area contributed by atoms with Crippen molar-refractivity contribution in [2.75, 3.05) is 34.4 Å². The molecule has 0 aliphatic carbocycles. The second-order valence-electron chi connectivity index (χ2n) is 7.37. The summed E-state index contributed by atoms with van der Waals surface area (Å²) in [7, 11) is -6.03. The zero-order valence-electron chi connectivity index (χ0n) is 18.3. The Kier molecular flexibility index (Phi) is 6.08. The topological polar surface area (TPSA) is 136 Å². The van der Waals surface area contributed by atoms with Gasteiger partial charge in [0.1, 0.15) is 18.0 Å². The summed E-state index contributed by atoms with van der Waals surface area (Å²) in [5, 5.41) is 4.16. The molecule has 1 aliphatic rings. The second-order valence-corrected chi connectivity index (χ2v) is 11.5. The number of hydrogen-bond acceptors (Lipinski definition) is 8. The van der Waals surface area contributed by atoms with E-state index in [1.165, 1.54) is 29.8 Å². The number of sulfonamides is 1. The Labute approximate surface area is 186 Å². The first-order chi connectivity index (χ1) is 14.8. The molecule has 1 aromatic carbocycles. The molecule has 0 atom stereocenters. The number of aryl methyl sites for hydroxylation is 2. The predicted molar refractivity (Wildman–Crippen MR) is 117 cm³/mol. The lowest BCUT2D eigenvalue weighted by Crippen LogP contribution is -2.48. The molecule has 2 heterocycles. The average molecular weight is 485 g/mol. The highest BCUT2D eigenvalue weighted by molar-refractivity contribution is 7.92. The molecule has 13 heteroatoms. The fourth-order valence-electron chi connectivity index (χ4n) is 3.45. The third kappa shape index (κ3) is 4.21. The highest BCUT2D eigenvalue weighted by Crippen LogP contribution is 2.35. The van der Waals surface area contributed by atoms with Gasteiger partial charge in [-0.25, -0.2) is 21.1 Å². The number of anilines is 2. The third-order valence-electron chi connectivity index (χ3n) is 5.14. The summed E-state index contributed by atoms with van der Waals surface area (Å²) in [5.74, 6) is -1.44. The van der Waals surface area contributed by atoms with E-state index in [1.54, 1.807) is 20.9 Å². The highest BCUT2D eigenvalue weighted by atomic mass is 32.2. The van der Waals surface area contributed by atoms with E-state index in [-0.39, 0.29) is 34.4 Å². The van der Waals surface area contributed by atoms with Crippen molar-refractivity contribution in [2.45, 2.75) is 25.7 Å². The van der Waals surface area contributed by atoms with Crippen molar-refractivity contribution in [2.24, 2.45) is 7.05 Å². The molecule has 0 bridgehead atoms. The maximum absolute atomic E-state index is 13.2. The van der Waals surface area contributed by atoms with Crippen molar-refractivity contribution in [3.8, 4) is 5.75 Å². The Bertz CT molecular complexity index is 1310. The van der Waals surface area contributed by atoms with Crippen LogP contribution in [0.15, 0.2) is 23.1 Å². The smallest absolute Gasteiger partial charge is 0.265 e. The van der Waals surface area contributed by atoms with E-state index in [0.29, 0.717) is 15.7 Å². The number of fused-ring (bicyclic) bond motifs is 1. The molecule has 3 rings (SSSR count). The van der Waals surface area contributed by atoms with Crippen molar-refractivity contribution >= 4 is 43.0 Å². The van der Waals surface area contributed by atoms with Gasteiger partial charge >= 0.3 is 0 Å². The number of nitrogens with zero attached hydrogens (tertiary/aromatic N) is 4. The van der Waals surface area contributed by atoms with Crippen LogP contribution in [0.1, 0.15) is 18.3 Å². The number of aromatic nitrogens is 2. The second kappa shape index (κ2) is 8.20. The molecule has 174 valence electrons. The number of ether oxygens (including phenoxy) is 1. The van der Waals surface area contributed by atoms with Crippen LogP contribution in [-0.2, 0) is 36.5 Å². The van der Waals surface area contributed by atoms with E-state index >= 15 is 0 Å². The van der Waals surface area contributed by atoms with Crippen molar-refractivity contribution in [3.05, 3.63) is 29.6 Å². The van der Waals surface area contributed by atoms with Crippen molar-refractivity contribution in [1.29, 1.82) is 0 Å². The SMILES string of the molecule is CCS(=O)(=O)c1ccc2c(c1)N(CC(=O)N(c1c(C)nn(C)c1C)S(C)(=O)=O)C(=O)CO2. The molecular formula is C19H24N4O7S2. The van der Waals surface area contributed by atoms with Crippen LogP contribution in [0.2, 0.25) is 0 Å². The fourth-order valence-corrected chi connectivity index (χ4v) is 5.37. The highest BCUT2D eigenvalue weighted by Gasteiger charge is 2.35. The van der Waals surface area contributed by atoms with Crippen LogP contribution in [0.25, 0.3) is 0 Å². The summed E-state index contributed by atoms with van der Waals surface area (Å²) in [6.07, 6.45) is 0.887. The largest absolute Gasteiger partial charge is 0.482 e. The number of carbonyl (C=O) groups is 2. The molecule has 11 nitrogen and oxygen atoms in total. The number of amides is 2. The number of benzene rings is 1. The first-order valence-electron chi connectivity index (χ1n) is 9.61. The summed E-state index contributed by atoms with van der Waals surface area (Å²) < 4.78 is 57.1. The zero-order chi connectivity index (χ0) is 24.0. The van der Waals surface area contributed by atoms with Gasteiger partial charge < -0.3 is 4.74 Å². The molecule has 0 spiro atoms. The van der Waals surface area contributed by atoms with Gasteiger partial charge in [-0.3, -0.25) is 19.2 Å². The molecule has 0 saturated heterocycles. The van der Waals surface area contributed by atoms with Crippen LogP contribution < -0.4 is 13.9 Å². The first kappa shape index (κ1) is 23.7. The van der Waals surface area contributed by atoms with Crippen molar-refractivity contribution in [1.82, 2.24) is 9.78 Å². The van der Waals surface area contributed by atoms with Gasteiger partial charge in [0.25, 0.3) is 11.8 Å². The standard InChI is InChI=1S/C19H24N4O7S2/c1-6-32(28,29)14-7-8-16-15(9-14)22(18(25)11-30-16)10-17(24)23(31(5,26)27)19-12(2)20-21(4)13(19)3/h7-9H,6,10-11H2,1-5H3. The minimum atomic E-state index is -4.06. The predicted octanol–water partition coefficient (Wildman–Crippen LogP) is 0.549. The normalized spacial score (nSPS) is 14.2. The van der Waals surface area contributed by atoms with E-state index in [0.717, 1.165) is 11.2 Å². The summed E-state index contributed by atoms with van der Waals surface area (Å²) in [5.41, 5.74) is 0.973. The number of rotatable bonds is 6. The molecule has 0 fully saturated rings. The monoisotopic (exact) mass is 484 g/mol. The van der Waals surface area contributed by atoms with E-state index < -0.39 is 38.2 Å². The summed E-state index contributed by atoms with van der Waals surface area (Å²) >= 11 is 0. The van der Waals surface area contributed by atoms with Gasteiger partial charge in [-0.05, 0) is 32.0 Å². The van der Waals surface area contributed by atoms with Gasteiger partial charge in [-0.15, -0.1) is 0 Å². The van der Waals surface area contributed by atoms with Crippen LogP contribution in [-0.4, -0.2) is 63.6 Å². The van der Waals surface area contributed by atoms with E-state index in [2.05, 4.69) is 5.10 Å². The van der Waals surface area contributed by atoms with Gasteiger partial charge in [0.15, 0.2) is 16.4 Å². The Morgan fingerprint density at radius 1 is 1.22 bits per heavy atom. The van der Waals surface area contributed by atoms with Gasteiger partial charge in [0.2, 0.25) is 10.0 Å². The molecule has 1 aliphatic heterocycles. The van der Waals surface area contributed by atoms with Gasteiger partial charge in [0.05, 0.1) is 34.0 Å². The van der Waals surface area contributed by atoms with Crippen LogP contribution in [0.5, 0.6) is 5.75 Å². The molecule has 0 saturated carbocycles. The Morgan fingerprint density at radius 3 is 2.41 bits per heavy atom. The van der Waals surface area contributed by atoms with Crippen LogP contribution >= 0.6 is 0 Å². The number of carbonyl (C=O) groups excluding carboxylic acids is 2. The summed E-state index contributed by atoms with van der Waals surface area (Å²) in [6, 6.07) is 4.02. The molecule has 2 aromatic rings. The lowest BCUT2D eigenvalue weighted by Gasteiger charge is -2.31. The molecular weight excluding hydrogens is 460 g/mol. The lowest BCUT2D eigenvalue weighted by atomic mass is 10.2. The van der Waals surface area contributed by atoms with E-state index in [9.17, 15) is 26.4 Å². The minimum absolute atomic E-state index is 0.0339. The van der Waals surface area contributed by atoms with Crippen LogP contribution in [0, 0.1) is 13.8 Å². The maximum Gasteiger partial charge on any atom is 0.265 e. The molecule has 1 aromatic heterocycles. The maximum atomic E-state index is 13.2. The average Bonchev–Trinajstić information content (AvgIpc) is 2.95. The molecule has 2 amide bonds. The van der Waals surface area contributed by atoms with Gasteiger partial charge in [-0.1, -0.05) is 6.92 Å². The third-order valence-corrected chi connectivity index (χ3v) is 7.92.